The minimum absolute atomic E-state index is 0.693. The molecule has 124 valence electrons. The molecular formula is C20H29N3. The van der Waals surface area contributed by atoms with Crippen LogP contribution in [0.15, 0.2) is 36.5 Å². The van der Waals surface area contributed by atoms with Crippen molar-refractivity contribution in [2.24, 2.45) is 23.7 Å². The fraction of sp³-hybridized carbons (Fsp3) is 0.650. The van der Waals surface area contributed by atoms with Crippen LogP contribution in [-0.2, 0) is 6.54 Å². The number of fused-ring (bicyclic) bond motifs is 2. The number of allylic oxidation sites excluding steroid dienone is 2. The van der Waals surface area contributed by atoms with E-state index in [2.05, 4.69) is 46.4 Å². The first-order chi connectivity index (χ1) is 11.3. The van der Waals surface area contributed by atoms with Crippen LogP contribution in [0, 0.1) is 23.7 Å². The lowest BCUT2D eigenvalue weighted by atomic mass is 9.90. The Labute approximate surface area is 140 Å². The molecule has 0 radical (unpaired) electrons. The van der Waals surface area contributed by atoms with Gasteiger partial charge < -0.3 is 5.32 Å². The molecule has 0 amide bonds. The van der Waals surface area contributed by atoms with Crippen molar-refractivity contribution in [1.82, 2.24) is 15.2 Å². The number of nitrogens with one attached hydrogen (secondary N) is 1. The fourth-order valence-electron chi connectivity index (χ4n) is 4.83. The van der Waals surface area contributed by atoms with E-state index in [-0.39, 0.29) is 0 Å². The molecule has 4 rings (SSSR count). The predicted molar refractivity (Wildman–Crippen MR) is 93.9 cm³/mol. The smallest absolute Gasteiger partial charge is 0.0543 e. The van der Waals surface area contributed by atoms with Gasteiger partial charge in [-0.15, -0.1) is 0 Å². The number of aromatic nitrogens is 1. The Morgan fingerprint density at radius 3 is 2.91 bits per heavy atom. The highest BCUT2D eigenvalue weighted by Crippen LogP contribution is 2.43. The Bertz CT molecular complexity index is 541. The number of nitrogens with zero attached hydrogens (tertiary/aromatic N) is 2. The van der Waals surface area contributed by atoms with E-state index in [1.54, 1.807) is 0 Å². The summed E-state index contributed by atoms with van der Waals surface area (Å²) in [7, 11) is 0. The van der Waals surface area contributed by atoms with Crippen LogP contribution in [0.3, 0.4) is 0 Å². The zero-order valence-electron chi connectivity index (χ0n) is 14.2. The lowest BCUT2D eigenvalue weighted by Crippen LogP contribution is -2.49. The van der Waals surface area contributed by atoms with Crippen LogP contribution >= 0.6 is 0 Å². The molecule has 3 nitrogen and oxygen atoms in total. The predicted octanol–water partition coefficient (Wildman–Crippen LogP) is 3.09. The summed E-state index contributed by atoms with van der Waals surface area (Å²) in [6.45, 7) is 7.00. The van der Waals surface area contributed by atoms with Crippen LogP contribution < -0.4 is 5.32 Å². The molecule has 1 saturated heterocycles. The number of likely N-dealkylation sites (tertiary alicyclic amines) is 1. The van der Waals surface area contributed by atoms with Gasteiger partial charge in [0, 0.05) is 31.9 Å². The molecule has 0 unspecified atom stereocenters. The Morgan fingerprint density at radius 2 is 2.22 bits per heavy atom. The van der Waals surface area contributed by atoms with Crippen molar-refractivity contribution in [3.8, 4) is 0 Å². The Hall–Kier alpha value is -1.19. The van der Waals surface area contributed by atoms with E-state index in [9.17, 15) is 0 Å². The van der Waals surface area contributed by atoms with Crippen LogP contribution in [0.5, 0.6) is 0 Å². The maximum absolute atomic E-state index is 4.46. The molecule has 1 aliphatic heterocycles. The summed E-state index contributed by atoms with van der Waals surface area (Å²) in [5.41, 5.74) is 1.19. The molecule has 1 aromatic rings. The van der Waals surface area contributed by atoms with Crippen molar-refractivity contribution >= 4 is 0 Å². The summed E-state index contributed by atoms with van der Waals surface area (Å²) in [5.74, 6) is 3.38. The van der Waals surface area contributed by atoms with E-state index >= 15 is 0 Å². The summed E-state index contributed by atoms with van der Waals surface area (Å²) >= 11 is 0. The van der Waals surface area contributed by atoms with Gasteiger partial charge in [-0.2, -0.15) is 0 Å². The highest BCUT2D eigenvalue weighted by atomic mass is 15.2. The number of hydrogen-bond acceptors (Lipinski definition) is 3. The first-order valence-electron chi connectivity index (χ1n) is 9.32. The zero-order chi connectivity index (χ0) is 15.6. The van der Waals surface area contributed by atoms with E-state index < -0.39 is 0 Å². The molecule has 2 heterocycles. The van der Waals surface area contributed by atoms with E-state index in [0.29, 0.717) is 6.04 Å². The summed E-state index contributed by atoms with van der Waals surface area (Å²) in [4.78, 5) is 7.02. The molecule has 3 heteroatoms. The molecule has 3 aliphatic rings. The SMILES string of the molecule is C[C@@H]1CN(Cc2ccccn2)CC[C@@H]1NC[C@H]1C[C@H]2C=C[C@H]1C2. The summed E-state index contributed by atoms with van der Waals surface area (Å²) in [5, 5.41) is 3.91. The van der Waals surface area contributed by atoms with Crippen LogP contribution in [0.1, 0.15) is 31.9 Å². The summed E-state index contributed by atoms with van der Waals surface area (Å²) < 4.78 is 0. The van der Waals surface area contributed by atoms with Crippen LogP contribution in [-0.4, -0.2) is 35.6 Å². The van der Waals surface area contributed by atoms with E-state index in [4.69, 9.17) is 0 Å². The lowest BCUT2D eigenvalue weighted by molar-refractivity contribution is 0.136. The largest absolute Gasteiger partial charge is 0.313 e. The van der Waals surface area contributed by atoms with Crippen molar-refractivity contribution in [2.75, 3.05) is 19.6 Å². The summed E-state index contributed by atoms with van der Waals surface area (Å²) in [6.07, 6.45) is 10.9. The molecule has 2 fully saturated rings. The molecule has 1 saturated carbocycles. The number of rotatable bonds is 5. The third-order valence-electron chi connectivity index (χ3n) is 6.16. The molecule has 0 spiro atoms. The van der Waals surface area contributed by atoms with Gasteiger partial charge in [0.05, 0.1) is 5.69 Å². The number of hydrogen-bond donors (Lipinski definition) is 1. The second kappa shape index (κ2) is 6.74. The molecule has 1 N–H and O–H groups in total. The monoisotopic (exact) mass is 311 g/mol. The normalized spacial score (nSPS) is 36.7. The Kier molecular flexibility index (Phi) is 4.50. The van der Waals surface area contributed by atoms with E-state index in [1.165, 1.54) is 44.6 Å². The zero-order valence-corrected chi connectivity index (χ0v) is 14.2. The maximum Gasteiger partial charge on any atom is 0.0543 e. The lowest BCUT2D eigenvalue weighted by Gasteiger charge is -2.38. The highest BCUT2D eigenvalue weighted by Gasteiger charge is 2.36. The molecule has 2 aliphatic carbocycles. The molecule has 1 aromatic heterocycles. The van der Waals surface area contributed by atoms with Gasteiger partial charge in [0.25, 0.3) is 0 Å². The summed E-state index contributed by atoms with van der Waals surface area (Å²) in [6, 6.07) is 6.91. The first kappa shape index (κ1) is 15.3. The molecule has 0 aromatic carbocycles. The van der Waals surface area contributed by atoms with Crippen molar-refractivity contribution in [3.63, 3.8) is 0 Å². The highest BCUT2D eigenvalue weighted by molar-refractivity contribution is 5.10. The average Bonchev–Trinajstić information content (AvgIpc) is 3.18. The topological polar surface area (TPSA) is 28.2 Å². The van der Waals surface area contributed by atoms with Gasteiger partial charge in [0.1, 0.15) is 0 Å². The average molecular weight is 311 g/mol. The molecule has 2 bridgehead atoms. The van der Waals surface area contributed by atoms with Crippen molar-refractivity contribution in [2.45, 2.75) is 38.8 Å². The number of pyridine rings is 1. The first-order valence-corrected chi connectivity index (χ1v) is 9.32. The van der Waals surface area contributed by atoms with Crippen molar-refractivity contribution in [1.29, 1.82) is 0 Å². The quantitative estimate of drug-likeness (QED) is 0.847. The van der Waals surface area contributed by atoms with Gasteiger partial charge in [-0.05, 0) is 61.6 Å². The van der Waals surface area contributed by atoms with Crippen molar-refractivity contribution < 1.29 is 0 Å². The number of piperidine rings is 1. The van der Waals surface area contributed by atoms with Crippen molar-refractivity contribution in [3.05, 3.63) is 42.2 Å². The third kappa shape index (κ3) is 3.51. The van der Waals surface area contributed by atoms with E-state index in [0.717, 1.165) is 30.2 Å². The second-order valence-corrected chi connectivity index (χ2v) is 7.88. The standard InChI is InChI=1S/C20H29N3/c1-15-13-23(14-19-4-2-3-8-21-19)9-7-20(15)22-12-18-11-16-5-6-17(18)10-16/h2-6,8,15-18,20,22H,7,9-14H2,1H3/t15-,16+,17+,18-,20+/m1/s1. The minimum atomic E-state index is 0.693. The van der Waals surface area contributed by atoms with Crippen LogP contribution in [0.4, 0.5) is 0 Å². The van der Waals surface area contributed by atoms with Gasteiger partial charge in [0.15, 0.2) is 0 Å². The van der Waals surface area contributed by atoms with Crippen LogP contribution in [0.2, 0.25) is 0 Å². The maximum atomic E-state index is 4.46. The van der Waals surface area contributed by atoms with Gasteiger partial charge in [0.2, 0.25) is 0 Å². The minimum Gasteiger partial charge on any atom is -0.313 e. The fourth-order valence-corrected chi connectivity index (χ4v) is 4.83. The second-order valence-electron chi connectivity index (χ2n) is 7.88. The molecule has 23 heavy (non-hydrogen) atoms. The van der Waals surface area contributed by atoms with Gasteiger partial charge in [-0.3, -0.25) is 9.88 Å². The molecule has 5 atom stereocenters. The Balaban J connectivity index is 1.24. The van der Waals surface area contributed by atoms with Gasteiger partial charge >= 0.3 is 0 Å². The van der Waals surface area contributed by atoms with Crippen LogP contribution in [0.25, 0.3) is 0 Å². The van der Waals surface area contributed by atoms with Gasteiger partial charge in [-0.25, -0.2) is 0 Å². The Morgan fingerprint density at radius 1 is 1.26 bits per heavy atom. The third-order valence-corrected chi connectivity index (χ3v) is 6.16. The molecular weight excluding hydrogens is 282 g/mol. The van der Waals surface area contributed by atoms with E-state index in [1.807, 2.05) is 12.3 Å². The van der Waals surface area contributed by atoms with Gasteiger partial charge in [-0.1, -0.05) is 25.1 Å².